The highest BCUT2D eigenvalue weighted by molar-refractivity contribution is 6.31. The summed E-state index contributed by atoms with van der Waals surface area (Å²) in [6.45, 7) is 13.0. The number of carbonyl (C=O) groups is 2. The molecular weight excluding hydrogens is 712 g/mol. The monoisotopic (exact) mass is 762 g/mol. The van der Waals surface area contributed by atoms with E-state index in [-0.39, 0.29) is 30.9 Å². The third-order valence-corrected chi connectivity index (χ3v) is 10.7. The molecule has 2 amide bonds. The van der Waals surface area contributed by atoms with Gasteiger partial charge in [0.15, 0.2) is 5.65 Å². The highest BCUT2D eigenvalue weighted by Gasteiger charge is 2.23. The molecule has 0 radical (unpaired) electrons. The van der Waals surface area contributed by atoms with Gasteiger partial charge in [-0.1, -0.05) is 42.8 Å². The topological polar surface area (TPSA) is 125 Å². The summed E-state index contributed by atoms with van der Waals surface area (Å²) in [6, 6.07) is 22.0. The van der Waals surface area contributed by atoms with Crippen molar-refractivity contribution in [3.8, 4) is 11.1 Å². The first-order valence-electron chi connectivity index (χ1n) is 19.5. The molecule has 288 valence electrons. The van der Waals surface area contributed by atoms with E-state index in [1.807, 2.05) is 23.0 Å². The molecule has 1 atom stereocenters. The molecular formula is C43H51ClN8O3. The number of hydrogen-bond donors (Lipinski definition) is 4. The van der Waals surface area contributed by atoms with Gasteiger partial charge in [0.1, 0.15) is 0 Å². The van der Waals surface area contributed by atoms with E-state index in [9.17, 15) is 9.59 Å². The molecule has 2 aliphatic heterocycles. The minimum Gasteiger partial charge on any atom is -0.381 e. The average molecular weight is 763 g/mol. The van der Waals surface area contributed by atoms with E-state index in [1.165, 1.54) is 5.56 Å². The average Bonchev–Trinajstić information content (AvgIpc) is 3.62. The molecule has 2 aliphatic rings. The van der Waals surface area contributed by atoms with Crippen molar-refractivity contribution >= 4 is 40.1 Å². The maximum absolute atomic E-state index is 13.6. The van der Waals surface area contributed by atoms with Crippen LogP contribution >= 0.6 is 11.6 Å². The number of aryl methyl sites for hydroxylation is 2. The van der Waals surface area contributed by atoms with Crippen LogP contribution in [0.3, 0.4) is 0 Å². The number of nitrogens with one attached hydrogen (secondary N) is 4. The maximum Gasteiger partial charge on any atom is 0.251 e. The number of rotatable bonds is 13. The molecule has 55 heavy (non-hydrogen) atoms. The van der Waals surface area contributed by atoms with Crippen LogP contribution < -0.4 is 21.3 Å². The number of amides is 2. The predicted molar refractivity (Wildman–Crippen MR) is 218 cm³/mol. The Bertz CT molecular complexity index is 2150. The molecule has 0 aliphatic carbocycles. The first-order chi connectivity index (χ1) is 26.8. The van der Waals surface area contributed by atoms with Crippen LogP contribution in [0, 0.1) is 0 Å². The number of carbonyl (C=O) groups excluding carboxylic acids is 2. The number of ether oxygens (including phenoxy) is 1. The SMILES string of the molecule is CCc1nc2c(cnn2CC)c(NC2CCOCC2)c1CNC(=O)c1cccc(C(=O)NCc2cc(Cl)cc(-c3cccc(CN4CCN[C@@H](C)C4)c3)c2)c1. The molecule has 2 fully saturated rings. The number of piperazine rings is 1. The summed E-state index contributed by atoms with van der Waals surface area (Å²) in [4.78, 5) is 34.5. The zero-order valence-corrected chi connectivity index (χ0v) is 32.7. The van der Waals surface area contributed by atoms with Crippen LogP contribution in [0.5, 0.6) is 0 Å². The number of nitrogens with zero attached hydrogens (tertiary/aromatic N) is 4. The Kier molecular flexibility index (Phi) is 12.4. The van der Waals surface area contributed by atoms with E-state index in [4.69, 9.17) is 21.3 Å². The van der Waals surface area contributed by atoms with Gasteiger partial charge in [-0.3, -0.25) is 14.5 Å². The zero-order valence-electron chi connectivity index (χ0n) is 32.0. The van der Waals surface area contributed by atoms with Crippen molar-refractivity contribution in [1.29, 1.82) is 0 Å². The first kappa shape index (κ1) is 38.5. The second-order valence-corrected chi connectivity index (χ2v) is 15.0. The highest BCUT2D eigenvalue weighted by atomic mass is 35.5. The Labute approximate surface area is 328 Å². The lowest BCUT2D eigenvalue weighted by molar-refractivity contribution is 0.0904. The quantitative estimate of drug-likeness (QED) is 0.106. The predicted octanol–water partition coefficient (Wildman–Crippen LogP) is 6.58. The number of hydrogen-bond acceptors (Lipinski definition) is 8. The van der Waals surface area contributed by atoms with Crippen LogP contribution in [0.2, 0.25) is 5.02 Å². The van der Waals surface area contributed by atoms with Crippen molar-refractivity contribution in [3.63, 3.8) is 0 Å². The Morgan fingerprint density at radius 1 is 0.927 bits per heavy atom. The van der Waals surface area contributed by atoms with Gasteiger partial charge in [0.05, 0.1) is 17.3 Å². The number of halogens is 1. The smallest absolute Gasteiger partial charge is 0.251 e. The Hall–Kier alpha value is -4.81. The second kappa shape index (κ2) is 17.8. The van der Waals surface area contributed by atoms with Gasteiger partial charge in [0.2, 0.25) is 0 Å². The van der Waals surface area contributed by atoms with Gasteiger partial charge in [-0.15, -0.1) is 0 Å². The normalized spacial score (nSPS) is 16.6. The fourth-order valence-corrected chi connectivity index (χ4v) is 7.90. The highest BCUT2D eigenvalue weighted by Crippen LogP contribution is 2.32. The fourth-order valence-electron chi connectivity index (χ4n) is 7.64. The van der Waals surface area contributed by atoms with Crippen LogP contribution in [-0.4, -0.2) is 76.4 Å². The molecule has 2 aromatic heterocycles. The van der Waals surface area contributed by atoms with Gasteiger partial charge in [0, 0.05) is 98.5 Å². The Morgan fingerprint density at radius 3 is 2.42 bits per heavy atom. The van der Waals surface area contributed by atoms with E-state index in [1.54, 1.807) is 24.3 Å². The molecule has 3 aromatic carbocycles. The summed E-state index contributed by atoms with van der Waals surface area (Å²) in [5, 5.41) is 19.5. The summed E-state index contributed by atoms with van der Waals surface area (Å²) < 4.78 is 7.51. The van der Waals surface area contributed by atoms with Crippen LogP contribution in [-0.2, 0) is 37.3 Å². The number of benzene rings is 3. The molecule has 0 saturated carbocycles. The minimum absolute atomic E-state index is 0.250. The van der Waals surface area contributed by atoms with E-state index < -0.39 is 0 Å². The summed E-state index contributed by atoms with van der Waals surface area (Å²) in [7, 11) is 0. The van der Waals surface area contributed by atoms with Crippen molar-refractivity contribution < 1.29 is 14.3 Å². The van der Waals surface area contributed by atoms with Crippen LogP contribution in [0.4, 0.5) is 5.69 Å². The van der Waals surface area contributed by atoms with Gasteiger partial charge in [0.25, 0.3) is 11.8 Å². The lowest BCUT2D eigenvalue weighted by atomic mass is 10.0. The van der Waals surface area contributed by atoms with Crippen molar-refractivity contribution in [1.82, 2.24) is 35.6 Å². The maximum atomic E-state index is 13.6. The molecule has 5 aromatic rings. The van der Waals surface area contributed by atoms with E-state index in [0.717, 1.165) is 83.7 Å². The number of fused-ring (bicyclic) bond motifs is 1. The van der Waals surface area contributed by atoms with Crippen LogP contribution in [0.25, 0.3) is 22.2 Å². The van der Waals surface area contributed by atoms with Crippen molar-refractivity contribution in [2.24, 2.45) is 0 Å². The molecule has 0 spiro atoms. The van der Waals surface area contributed by atoms with Gasteiger partial charge in [-0.25, -0.2) is 9.67 Å². The van der Waals surface area contributed by atoms with Crippen LogP contribution in [0.1, 0.15) is 76.7 Å². The molecule has 4 heterocycles. The first-order valence-corrected chi connectivity index (χ1v) is 19.9. The largest absolute Gasteiger partial charge is 0.381 e. The van der Waals surface area contributed by atoms with Crippen molar-refractivity contribution in [2.45, 2.75) is 78.3 Å². The second-order valence-electron chi connectivity index (χ2n) is 14.6. The van der Waals surface area contributed by atoms with Gasteiger partial charge in [-0.2, -0.15) is 5.10 Å². The number of pyridine rings is 1. The summed E-state index contributed by atoms with van der Waals surface area (Å²) >= 11 is 6.60. The molecule has 0 bridgehead atoms. The van der Waals surface area contributed by atoms with Crippen molar-refractivity contribution in [3.05, 3.63) is 111 Å². The van der Waals surface area contributed by atoms with Crippen LogP contribution in [0.15, 0.2) is 72.9 Å². The van der Waals surface area contributed by atoms with Gasteiger partial charge in [-0.05, 0) is 97.8 Å². The number of anilines is 1. The molecule has 12 heteroatoms. The molecule has 2 saturated heterocycles. The molecule has 11 nitrogen and oxygen atoms in total. The standard InChI is InChI=1S/C43H51ClN8O3/c1-4-39-37(40(49-36-12-16-55-17-13-36)38-25-48-52(5-2)41(38)50-39)24-47-43(54)33-11-7-10-32(21-33)42(53)46-23-30-19-34(22-35(44)20-30)31-9-6-8-29(18-31)27-51-15-14-45-28(3)26-51/h6-11,18-22,25,28,36,45H,4-5,12-17,23-24,26-27H2,1-3H3,(H,46,53)(H,47,54)(H,49,50)/t28-/m0/s1. The van der Waals surface area contributed by atoms with Gasteiger partial charge < -0.3 is 26.0 Å². The Morgan fingerprint density at radius 2 is 1.67 bits per heavy atom. The lowest BCUT2D eigenvalue weighted by Crippen LogP contribution is -2.48. The lowest BCUT2D eigenvalue weighted by Gasteiger charge is -2.31. The third kappa shape index (κ3) is 9.36. The van der Waals surface area contributed by atoms with Gasteiger partial charge >= 0.3 is 0 Å². The molecule has 4 N–H and O–H groups in total. The summed E-state index contributed by atoms with van der Waals surface area (Å²) in [5.41, 5.74) is 8.67. The summed E-state index contributed by atoms with van der Waals surface area (Å²) in [6.07, 6.45) is 4.36. The molecule has 7 rings (SSSR count). The fraction of sp³-hybridized carbons (Fsp3) is 0.395. The number of aromatic nitrogens is 3. The zero-order chi connectivity index (χ0) is 38.3. The van der Waals surface area contributed by atoms with Crippen molar-refractivity contribution in [2.75, 3.05) is 38.2 Å². The minimum atomic E-state index is -0.276. The van der Waals surface area contributed by atoms with E-state index in [0.29, 0.717) is 48.4 Å². The van der Waals surface area contributed by atoms with E-state index >= 15 is 0 Å². The Balaban J connectivity index is 1.02. The third-order valence-electron chi connectivity index (χ3n) is 10.5. The molecule has 0 unspecified atom stereocenters. The summed E-state index contributed by atoms with van der Waals surface area (Å²) in [5.74, 6) is -0.548. The van der Waals surface area contributed by atoms with E-state index in [2.05, 4.69) is 82.4 Å².